The highest BCUT2D eigenvalue weighted by molar-refractivity contribution is 6.30. The summed E-state index contributed by atoms with van der Waals surface area (Å²) in [7, 11) is 0. The van der Waals surface area contributed by atoms with Crippen LogP contribution < -0.4 is 11.1 Å². The first-order chi connectivity index (χ1) is 19.6. The lowest BCUT2D eigenvalue weighted by Gasteiger charge is -2.47. The summed E-state index contributed by atoms with van der Waals surface area (Å²) in [5.74, 6) is 0.374. The maximum Gasteiger partial charge on any atom is 0.245 e. The second kappa shape index (κ2) is 14.3. The van der Waals surface area contributed by atoms with E-state index in [1.807, 2.05) is 34.1 Å². The third-order valence-corrected chi connectivity index (χ3v) is 9.22. The van der Waals surface area contributed by atoms with Crippen molar-refractivity contribution in [3.05, 3.63) is 34.9 Å². The van der Waals surface area contributed by atoms with Gasteiger partial charge in [0.25, 0.3) is 0 Å². The topological polar surface area (TPSA) is 102 Å². The normalized spacial score (nSPS) is 21.2. The van der Waals surface area contributed by atoms with Crippen LogP contribution in [-0.2, 0) is 20.8 Å². The molecule has 0 spiro atoms. The van der Waals surface area contributed by atoms with Gasteiger partial charge in [0, 0.05) is 70.2 Å². The van der Waals surface area contributed by atoms with Gasteiger partial charge in [0.15, 0.2) is 0 Å². The number of hydrazine groups is 1. The Morgan fingerprint density at radius 2 is 1.59 bits per heavy atom. The van der Waals surface area contributed by atoms with Crippen LogP contribution in [0.2, 0.25) is 5.02 Å². The Morgan fingerprint density at radius 1 is 0.976 bits per heavy atom. The van der Waals surface area contributed by atoms with Gasteiger partial charge in [-0.15, -0.1) is 0 Å². The Morgan fingerprint density at radius 3 is 2.15 bits per heavy atom. The number of benzene rings is 1. The number of rotatable bonds is 9. The van der Waals surface area contributed by atoms with Gasteiger partial charge in [-0.05, 0) is 49.3 Å². The molecule has 10 heteroatoms. The molecule has 228 valence electrons. The fraction of sp³-hybridized carbons (Fsp3) is 0.710. The van der Waals surface area contributed by atoms with E-state index in [1.54, 1.807) is 6.92 Å². The fourth-order valence-corrected chi connectivity index (χ4v) is 6.64. The number of nitrogens with zero attached hydrogens (tertiary/aromatic N) is 4. The molecule has 0 bridgehead atoms. The van der Waals surface area contributed by atoms with Crippen LogP contribution in [0.25, 0.3) is 0 Å². The molecule has 1 aromatic rings. The van der Waals surface area contributed by atoms with Gasteiger partial charge in [-0.1, -0.05) is 56.8 Å². The smallest absolute Gasteiger partial charge is 0.245 e. The van der Waals surface area contributed by atoms with Crippen molar-refractivity contribution in [2.75, 3.05) is 45.8 Å². The minimum atomic E-state index is -0.912. The molecule has 2 heterocycles. The highest BCUT2D eigenvalue weighted by Crippen LogP contribution is 2.27. The number of halogens is 1. The van der Waals surface area contributed by atoms with Crippen molar-refractivity contribution in [2.45, 2.75) is 89.8 Å². The first-order valence-electron chi connectivity index (χ1n) is 15.5. The predicted molar refractivity (Wildman–Crippen MR) is 162 cm³/mol. The van der Waals surface area contributed by atoms with Gasteiger partial charge < -0.3 is 20.9 Å². The lowest BCUT2D eigenvalue weighted by Crippen LogP contribution is -2.63. The number of piperazine rings is 1. The lowest BCUT2D eigenvalue weighted by molar-refractivity contribution is -0.146. The van der Waals surface area contributed by atoms with Crippen LogP contribution >= 0.6 is 11.6 Å². The lowest BCUT2D eigenvalue weighted by atomic mass is 9.81. The molecule has 3 N–H and O–H groups in total. The predicted octanol–water partition coefficient (Wildman–Crippen LogP) is 3.06. The van der Waals surface area contributed by atoms with Crippen molar-refractivity contribution < 1.29 is 14.4 Å². The number of carbonyl (C=O) groups excluding carboxylic acids is 3. The average Bonchev–Trinajstić information content (AvgIpc) is 2.96. The number of nitrogens with two attached hydrogens (primary N) is 1. The Hall–Kier alpha value is -2.20. The molecule has 3 aliphatic rings. The molecule has 1 saturated carbocycles. The molecule has 1 atom stereocenters. The fourth-order valence-electron chi connectivity index (χ4n) is 6.51. The second-order valence-corrected chi connectivity index (χ2v) is 13.0. The zero-order chi connectivity index (χ0) is 29.6. The largest absolute Gasteiger partial charge is 0.343 e. The summed E-state index contributed by atoms with van der Waals surface area (Å²) in [5.41, 5.74) is 6.58. The molecule has 2 saturated heterocycles. The van der Waals surface area contributed by atoms with Crippen LogP contribution in [0.5, 0.6) is 0 Å². The quantitative estimate of drug-likeness (QED) is 0.460. The van der Waals surface area contributed by atoms with E-state index in [0.717, 1.165) is 70.4 Å². The van der Waals surface area contributed by atoms with Crippen molar-refractivity contribution in [1.82, 2.24) is 25.1 Å². The van der Waals surface area contributed by atoms with Gasteiger partial charge in [0.1, 0.15) is 6.04 Å². The highest BCUT2D eigenvalue weighted by Gasteiger charge is 2.39. The first-order valence-corrected chi connectivity index (χ1v) is 15.8. The van der Waals surface area contributed by atoms with E-state index < -0.39 is 11.6 Å². The van der Waals surface area contributed by atoms with Gasteiger partial charge in [-0.25, -0.2) is 10.0 Å². The summed E-state index contributed by atoms with van der Waals surface area (Å²) in [6, 6.07) is 7.16. The highest BCUT2D eigenvalue weighted by atomic mass is 35.5. The van der Waals surface area contributed by atoms with Gasteiger partial charge in [0.2, 0.25) is 17.7 Å². The SMILES string of the molecule is CC(=O)N1CCC(N(CC(C)C)N2CCN(C(=O)C(Cc3ccc(Cl)cc3)NC(=O)C3(N)CCCCC3)CC2)CC1. The molecule has 9 nitrogen and oxygen atoms in total. The molecular weight excluding hydrogens is 540 g/mol. The van der Waals surface area contributed by atoms with Gasteiger partial charge >= 0.3 is 0 Å². The molecule has 4 rings (SSSR count). The maximum atomic E-state index is 13.9. The van der Waals surface area contributed by atoms with Crippen LogP contribution in [0.1, 0.15) is 71.3 Å². The van der Waals surface area contributed by atoms with Crippen LogP contribution in [0.15, 0.2) is 24.3 Å². The minimum absolute atomic E-state index is 0.0578. The number of hydrogen-bond acceptors (Lipinski definition) is 6. The Labute approximate surface area is 250 Å². The van der Waals surface area contributed by atoms with Gasteiger partial charge in [-0.2, -0.15) is 0 Å². The molecule has 1 unspecified atom stereocenters. The summed E-state index contributed by atoms with van der Waals surface area (Å²) < 4.78 is 0. The summed E-state index contributed by atoms with van der Waals surface area (Å²) in [5, 5.41) is 8.61. The number of carbonyl (C=O) groups is 3. The van der Waals surface area contributed by atoms with Crippen molar-refractivity contribution in [3.8, 4) is 0 Å². The molecular formula is C31H49ClN6O3. The maximum absolute atomic E-state index is 13.9. The molecule has 3 fully saturated rings. The van der Waals surface area contributed by atoms with Gasteiger partial charge in [0.05, 0.1) is 5.54 Å². The van der Waals surface area contributed by atoms with Crippen molar-refractivity contribution in [3.63, 3.8) is 0 Å². The number of likely N-dealkylation sites (tertiary alicyclic amines) is 1. The third kappa shape index (κ3) is 8.43. The molecule has 1 aliphatic carbocycles. The zero-order valence-electron chi connectivity index (χ0n) is 25.1. The van der Waals surface area contributed by atoms with Gasteiger partial charge in [-0.3, -0.25) is 14.4 Å². The van der Waals surface area contributed by atoms with E-state index in [2.05, 4.69) is 29.2 Å². The van der Waals surface area contributed by atoms with E-state index in [1.165, 1.54) is 0 Å². The van der Waals surface area contributed by atoms with Crippen LogP contribution in [0, 0.1) is 5.92 Å². The standard InChI is InChI=1S/C31H49ClN6O3/c1-23(2)22-38(27-11-15-35(16-12-27)24(3)39)37-19-17-36(18-20-37)29(40)28(21-25-7-9-26(32)10-8-25)34-30(41)31(33)13-5-4-6-14-31/h7-10,23,27-28H,4-6,11-22,33H2,1-3H3,(H,34,41). The molecule has 3 amide bonds. The monoisotopic (exact) mass is 588 g/mol. The Kier molecular flexibility index (Phi) is 11.1. The Bertz CT molecular complexity index is 1030. The third-order valence-electron chi connectivity index (χ3n) is 8.97. The van der Waals surface area contributed by atoms with Crippen LogP contribution in [0.3, 0.4) is 0 Å². The second-order valence-electron chi connectivity index (χ2n) is 12.6. The zero-order valence-corrected chi connectivity index (χ0v) is 25.9. The number of amides is 3. The Balaban J connectivity index is 1.42. The number of piperidine rings is 1. The molecule has 2 aliphatic heterocycles. The van der Waals surface area contributed by atoms with Crippen LogP contribution in [-0.4, -0.2) is 101 Å². The summed E-state index contributed by atoms with van der Waals surface area (Å²) in [6.07, 6.45) is 6.57. The molecule has 41 heavy (non-hydrogen) atoms. The van der Waals surface area contributed by atoms with E-state index in [4.69, 9.17) is 17.3 Å². The van der Waals surface area contributed by atoms with Crippen molar-refractivity contribution in [2.24, 2.45) is 11.7 Å². The molecule has 1 aromatic carbocycles. The van der Waals surface area contributed by atoms with Crippen LogP contribution in [0.4, 0.5) is 0 Å². The molecule has 0 aromatic heterocycles. The average molecular weight is 589 g/mol. The van der Waals surface area contributed by atoms with E-state index in [-0.39, 0.29) is 17.7 Å². The van der Waals surface area contributed by atoms with E-state index in [0.29, 0.717) is 49.3 Å². The number of hydrogen-bond donors (Lipinski definition) is 2. The van der Waals surface area contributed by atoms with Crippen molar-refractivity contribution in [1.29, 1.82) is 0 Å². The van der Waals surface area contributed by atoms with E-state index in [9.17, 15) is 14.4 Å². The van der Waals surface area contributed by atoms with E-state index >= 15 is 0 Å². The molecule has 0 radical (unpaired) electrons. The summed E-state index contributed by atoms with van der Waals surface area (Å²) >= 11 is 6.10. The summed E-state index contributed by atoms with van der Waals surface area (Å²) in [6.45, 7) is 11.3. The van der Waals surface area contributed by atoms with Crippen molar-refractivity contribution >= 4 is 29.3 Å². The number of nitrogens with one attached hydrogen (secondary N) is 1. The summed E-state index contributed by atoms with van der Waals surface area (Å²) in [4.78, 5) is 43.0. The minimum Gasteiger partial charge on any atom is -0.343 e. The first kappa shape index (κ1) is 31.7.